The number of hydrogen-bond acceptors (Lipinski definition) is 5. The summed E-state index contributed by atoms with van der Waals surface area (Å²) in [6.07, 6.45) is 1.33. The Labute approximate surface area is 171 Å². The molecule has 1 N–H and O–H groups in total. The molecule has 3 rings (SSSR count). The maximum absolute atomic E-state index is 13.0. The first-order valence-corrected chi connectivity index (χ1v) is 10.1. The van der Waals surface area contributed by atoms with Crippen molar-refractivity contribution in [3.8, 4) is 5.75 Å². The van der Waals surface area contributed by atoms with Crippen molar-refractivity contribution in [3.05, 3.63) is 29.8 Å². The molecule has 2 saturated heterocycles. The Balaban J connectivity index is 1.60. The molecule has 2 heterocycles. The predicted molar refractivity (Wildman–Crippen MR) is 107 cm³/mol. The molecule has 0 unspecified atom stereocenters. The second kappa shape index (κ2) is 9.26. The Hall–Kier alpha value is -2.61. The van der Waals surface area contributed by atoms with Crippen LogP contribution in [0.2, 0.25) is 0 Å². The summed E-state index contributed by atoms with van der Waals surface area (Å²) in [6.45, 7) is 6.39. The Morgan fingerprint density at radius 2 is 1.86 bits per heavy atom. The Kier molecular flexibility index (Phi) is 6.74. The average Bonchev–Trinajstić information content (AvgIpc) is 2.73. The molecule has 1 aromatic carbocycles. The zero-order valence-corrected chi connectivity index (χ0v) is 17.1. The molecule has 29 heavy (non-hydrogen) atoms. The first kappa shape index (κ1) is 21.1. The van der Waals surface area contributed by atoms with Crippen molar-refractivity contribution in [2.45, 2.75) is 32.3 Å². The van der Waals surface area contributed by atoms with Crippen LogP contribution in [-0.2, 0) is 14.3 Å². The molecule has 0 atom stereocenters. The summed E-state index contributed by atoms with van der Waals surface area (Å²) in [7, 11) is 0. The SMILES string of the molecule is CCOc1ccccc1C(=O)N1CCC2(CC1)CN(C(=O)CNC(C)=O)CCO2. The molecule has 0 saturated carbocycles. The highest BCUT2D eigenvalue weighted by Crippen LogP contribution is 2.31. The van der Waals surface area contributed by atoms with Gasteiger partial charge in [0.05, 0.1) is 30.9 Å². The van der Waals surface area contributed by atoms with E-state index in [-0.39, 0.29) is 24.3 Å². The smallest absolute Gasteiger partial charge is 0.257 e. The van der Waals surface area contributed by atoms with Crippen molar-refractivity contribution in [3.63, 3.8) is 0 Å². The number of ether oxygens (including phenoxy) is 2. The molecule has 8 nitrogen and oxygen atoms in total. The maximum Gasteiger partial charge on any atom is 0.257 e. The fourth-order valence-electron chi connectivity index (χ4n) is 3.88. The summed E-state index contributed by atoms with van der Waals surface area (Å²) < 4.78 is 11.7. The summed E-state index contributed by atoms with van der Waals surface area (Å²) in [5.74, 6) is 0.231. The summed E-state index contributed by atoms with van der Waals surface area (Å²) in [5.41, 5.74) is 0.141. The topological polar surface area (TPSA) is 88.2 Å². The van der Waals surface area contributed by atoms with Gasteiger partial charge in [-0.1, -0.05) is 12.1 Å². The van der Waals surface area contributed by atoms with Gasteiger partial charge >= 0.3 is 0 Å². The lowest BCUT2D eigenvalue weighted by molar-refractivity contribution is -0.157. The monoisotopic (exact) mass is 403 g/mol. The van der Waals surface area contributed by atoms with Crippen LogP contribution in [0.25, 0.3) is 0 Å². The summed E-state index contributed by atoms with van der Waals surface area (Å²) in [6, 6.07) is 7.29. The molecular weight excluding hydrogens is 374 g/mol. The number of likely N-dealkylation sites (tertiary alicyclic amines) is 1. The van der Waals surface area contributed by atoms with E-state index in [0.717, 1.165) is 0 Å². The van der Waals surface area contributed by atoms with Gasteiger partial charge in [-0.3, -0.25) is 14.4 Å². The lowest BCUT2D eigenvalue weighted by atomic mass is 9.89. The van der Waals surface area contributed by atoms with E-state index in [1.54, 1.807) is 11.0 Å². The first-order chi connectivity index (χ1) is 13.9. The van der Waals surface area contributed by atoms with Crippen molar-refractivity contribution in [2.75, 3.05) is 45.9 Å². The van der Waals surface area contributed by atoms with Gasteiger partial charge in [0.2, 0.25) is 11.8 Å². The van der Waals surface area contributed by atoms with Crippen molar-refractivity contribution in [1.29, 1.82) is 0 Å². The van der Waals surface area contributed by atoms with Crippen LogP contribution in [0.15, 0.2) is 24.3 Å². The number of piperidine rings is 1. The first-order valence-electron chi connectivity index (χ1n) is 10.1. The zero-order chi connectivity index (χ0) is 20.9. The van der Waals surface area contributed by atoms with Crippen LogP contribution in [0.4, 0.5) is 0 Å². The number of nitrogens with zero attached hydrogens (tertiary/aromatic N) is 2. The molecule has 0 aromatic heterocycles. The number of para-hydroxylation sites is 1. The predicted octanol–water partition coefficient (Wildman–Crippen LogP) is 1.06. The molecule has 0 radical (unpaired) electrons. The molecule has 2 aliphatic heterocycles. The van der Waals surface area contributed by atoms with E-state index in [1.165, 1.54) is 6.92 Å². The van der Waals surface area contributed by atoms with Crippen molar-refractivity contribution in [2.24, 2.45) is 0 Å². The van der Waals surface area contributed by atoms with Gasteiger partial charge in [-0.15, -0.1) is 0 Å². The van der Waals surface area contributed by atoms with Gasteiger partial charge in [-0.05, 0) is 31.9 Å². The molecular formula is C21H29N3O5. The van der Waals surface area contributed by atoms with Crippen LogP contribution in [0, 0.1) is 0 Å². The third-order valence-corrected chi connectivity index (χ3v) is 5.47. The minimum absolute atomic E-state index is 0.00420. The molecule has 1 aromatic rings. The molecule has 0 bridgehead atoms. The second-order valence-electron chi connectivity index (χ2n) is 7.48. The van der Waals surface area contributed by atoms with E-state index in [0.29, 0.717) is 63.5 Å². The van der Waals surface area contributed by atoms with Gasteiger partial charge in [0.15, 0.2) is 0 Å². The van der Waals surface area contributed by atoms with Gasteiger partial charge in [-0.25, -0.2) is 0 Å². The number of benzene rings is 1. The number of rotatable bonds is 5. The van der Waals surface area contributed by atoms with Crippen molar-refractivity contribution in [1.82, 2.24) is 15.1 Å². The van der Waals surface area contributed by atoms with Gasteiger partial charge in [-0.2, -0.15) is 0 Å². The van der Waals surface area contributed by atoms with E-state index in [1.807, 2.05) is 30.0 Å². The molecule has 3 amide bonds. The van der Waals surface area contributed by atoms with Crippen LogP contribution < -0.4 is 10.1 Å². The number of nitrogens with one attached hydrogen (secondary N) is 1. The molecule has 0 aliphatic carbocycles. The fourth-order valence-corrected chi connectivity index (χ4v) is 3.88. The maximum atomic E-state index is 13.0. The molecule has 2 aliphatic rings. The summed E-state index contributed by atoms with van der Waals surface area (Å²) in [4.78, 5) is 40.0. The third kappa shape index (κ3) is 5.06. The fraction of sp³-hybridized carbons (Fsp3) is 0.571. The van der Waals surface area contributed by atoms with Crippen LogP contribution >= 0.6 is 0 Å². The largest absolute Gasteiger partial charge is 0.493 e. The van der Waals surface area contributed by atoms with E-state index >= 15 is 0 Å². The summed E-state index contributed by atoms with van der Waals surface area (Å²) in [5, 5.41) is 2.55. The number of hydrogen-bond donors (Lipinski definition) is 1. The highest BCUT2D eigenvalue weighted by Gasteiger charge is 2.42. The minimum atomic E-state index is -0.430. The van der Waals surface area contributed by atoms with E-state index in [9.17, 15) is 14.4 Å². The Morgan fingerprint density at radius 1 is 1.14 bits per heavy atom. The van der Waals surface area contributed by atoms with Gasteiger partial charge in [0, 0.05) is 33.1 Å². The average molecular weight is 403 g/mol. The van der Waals surface area contributed by atoms with Crippen molar-refractivity contribution >= 4 is 17.7 Å². The third-order valence-electron chi connectivity index (χ3n) is 5.47. The van der Waals surface area contributed by atoms with Gasteiger partial charge < -0.3 is 24.6 Å². The lowest BCUT2D eigenvalue weighted by Crippen LogP contribution is -2.59. The molecule has 1 spiro atoms. The van der Waals surface area contributed by atoms with Crippen LogP contribution in [0.5, 0.6) is 5.75 Å². The molecule has 158 valence electrons. The van der Waals surface area contributed by atoms with Crippen LogP contribution in [0.1, 0.15) is 37.0 Å². The van der Waals surface area contributed by atoms with Gasteiger partial charge in [0.1, 0.15) is 5.75 Å². The second-order valence-corrected chi connectivity index (χ2v) is 7.48. The molecule has 2 fully saturated rings. The highest BCUT2D eigenvalue weighted by atomic mass is 16.5. The van der Waals surface area contributed by atoms with Crippen LogP contribution in [-0.4, -0.2) is 79.1 Å². The van der Waals surface area contributed by atoms with Gasteiger partial charge in [0.25, 0.3) is 5.91 Å². The number of morpholine rings is 1. The quantitative estimate of drug-likeness (QED) is 0.794. The zero-order valence-electron chi connectivity index (χ0n) is 17.1. The number of carbonyl (C=O) groups excluding carboxylic acids is 3. The van der Waals surface area contributed by atoms with Crippen molar-refractivity contribution < 1.29 is 23.9 Å². The lowest BCUT2D eigenvalue weighted by Gasteiger charge is -2.47. The van der Waals surface area contributed by atoms with E-state index < -0.39 is 5.60 Å². The van der Waals surface area contributed by atoms with E-state index in [4.69, 9.17) is 9.47 Å². The van der Waals surface area contributed by atoms with Crippen LogP contribution in [0.3, 0.4) is 0 Å². The Bertz CT molecular complexity index is 758. The number of amides is 3. The summed E-state index contributed by atoms with van der Waals surface area (Å²) >= 11 is 0. The standard InChI is InChI=1S/C21H29N3O5/c1-3-28-18-7-5-4-6-17(18)20(27)23-10-8-21(9-11-23)15-24(12-13-29-21)19(26)14-22-16(2)25/h4-7H,3,8-15H2,1-2H3,(H,22,25). The minimum Gasteiger partial charge on any atom is -0.493 e. The number of carbonyl (C=O) groups is 3. The Morgan fingerprint density at radius 3 is 2.55 bits per heavy atom. The highest BCUT2D eigenvalue weighted by molar-refractivity contribution is 5.97. The molecule has 8 heteroatoms. The normalized spacial score (nSPS) is 18.4. The van der Waals surface area contributed by atoms with E-state index in [2.05, 4.69) is 5.32 Å².